The standard InChI is InChI=1S/C14H31NO3/c1-4-17-12-10-15(11-13-18-5-2)9-7-6-8-14(3)16/h14,16H,4-13H2,1-3H3. The van der Waals surface area contributed by atoms with Crippen LogP contribution >= 0.6 is 0 Å². The molecule has 4 heteroatoms. The van der Waals surface area contributed by atoms with Crippen molar-refractivity contribution in [3.8, 4) is 0 Å². The molecule has 0 aromatic carbocycles. The lowest BCUT2D eigenvalue weighted by Crippen LogP contribution is -2.32. The second-order valence-electron chi connectivity index (χ2n) is 4.58. The van der Waals surface area contributed by atoms with Gasteiger partial charge in [0.1, 0.15) is 0 Å². The van der Waals surface area contributed by atoms with Crippen LogP contribution in [0.5, 0.6) is 0 Å². The van der Waals surface area contributed by atoms with Crippen LogP contribution in [0.4, 0.5) is 0 Å². The van der Waals surface area contributed by atoms with Gasteiger partial charge in [-0.3, -0.25) is 4.90 Å². The summed E-state index contributed by atoms with van der Waals surface area (Å²) >= 11 is 0. The predicted octanol–water partition coefficient (Wildman–Crippen LogP) is 1.91. The monoisotopic (exact) mass is 261 g/mol. The Morgan fingerprint density at radius 2 is 1.50 bits per heavy atom. The zero-order valence-corrected chi connectivity index (χ0v) is 12.4. The number of aliphatic hydroxyl groups is 1. The summed E-state index contributed by atoms with van der Waals surface area (Å²) in [7, 11) is 0. The highest BCUT2D eigenvalue weighted by Gasteiger charge is 2.05. The van der Waals surface area contributed by atoms with Crippen LogP contribution < -0.4 is 0 Å². The number of hydrogen-bond acceptors (Lipinski definition) is 4. The SMILES string of the molecule is CCOCCN(CCCCC(C)O)CCOCC. The Kier molecular flexibility index (Phi) is 13.2. The lowest BCUT2D eigenvalue weighted by Gasteiger charge is -2.22. The molecule has 0 heterocycles. The fourth-order valence-electron chi connectivity index (χ4n) is 1.79. The normalized spacial score (nSPS) is 13.2. The molecule has 0 amide bonds. The van der Waals surface area contributed by atoms with Crippen molar-refractivity contribution < 1.29 is 14.6 Å². The van der Waals surface area contributed by atoms with Gasteiger partial charge in [-0.1, -0.05) is 0 Å². The third kappa shape index (κ3) is 12.3. The zero-order valence-electron chi connectivity index (χ0n) is 12.4. The van der Waals surface area contributed by atoms with Crippen LogP contribution in [0.2, 0.25) is 0 Å². The average Bonchev–Trinajstić information content (AvgIpc) is 2.34. The first-order valence-electron chi connectivity index (χ1n) is 7.26. The molecule has 0 aliphatic heterocycles. The lowest BCUT2D eigenvalue weighted by molar-refractivity contribution is 0.0813. The molecule has 0 saturated carbocycles. The van der Waals surface area contributed by atoms with Gasteiger partial charge in [-0.15, -0.1) is 0 Å². The number of aliphatic hydroxyl groups excluding tert-OH is 1. The third-order valence-electron chi connectivity index (χ3n) is 2.86. The van der Waals surface area contributed by atoms with E-state index in [1.54, 1.807) is 0 Å². The van der Waals surface area contributed by atoms with Crippen LogP contribution in [-0.2, 0) is 9.47 Å². The van der Waals surface area contributed by atoms with Gasteiger partial charge in [-0.05, 0) is 46.6 Å². The van der Waals surface area contributed by atoms with Crippen molar-refractivity contribution in [3.05, 3.63) is 0 Å². The molecular formula is C14H31NO3. The van der Waals surface area contributed by atoms with Crippen LogP contribution in [-0.4, -0.2) is 62.2 Å². The Morgan fingerprint density at radius 3 is 1.94 bits per heavy atom. The van der Waals surface area contributed by atoms with Crippen molar-refractivity contribution in [2.75, 3.05) is 46.1 Å². The highest BCUT2D eigenvalue weighted by molar-refractivity contribution is 4.59. The van der Waals surface area contributed by atoms with Gasteiger partial charge in [0.25, 0.3) is 0 Å². The minimum Gasteiger partial charge on any atom is -0.393 e. The second-order valence-corrected chi connectivity index (χ2v) is 4.58. The number of nitrogens with zero attached hydrogens (tertiary/aromatic N) is 1. The van der Waals surface area contributed by atoms with Gasteiger partial charge in [0, 0.05) is 26.3 Å². The summed E-state index contributed by atoms with van der Waals surface area (Å²) < 4.78 is 10.8. The number of unbranched alkanes of at least 4 members (excludes halogenated alkanes) is 1. The van der Waals surface area contributed by atoms with Gasteiger partial charge in [-0.2, -0.15) is 0 Å². The van der Waals surface area contributed by atoms with Gasteiger partial charge in [0.15, 0.2) is 0 Å². The topological polar surface area (TPSA) is 41.9 Å². The number of ether oxygens (including phenoxy) is 2. The Morgan fingerprint density at radius 1 is 0.944 bits per heavy atom. The second kappa shape index (κ2) is 13.3. The number of rotatable bonds is 13. The van der Waals surface area contributed by atoms with Crippen molar-refractivity contribution in [2.24, 2.45) is 0 Å². The van der Waals surface area contributed by atoms with E-state index in [0.29, 0.717) is 0 Å². The highest BCUT2D eigenvalue weighted by Crippen LogP contribution is 2.02. The predicted molar refractivity (Wildman–Crippen MR) is 75.0 cm³/mol. The van der Waals surface area contributed by atoms with Crippen molar-refractivity contribution in [1.29, 1.82) is 0 Å². The molecule has 0 bridgehead atoms. The fraction of sp³-hybridized carbons (Fsp3) is 1.00. The molecular weight excluding hydrogens is 230 g/mol. The zero-order chi connectivity index (χ0) is 13.6. The van der Waals surface area contributed by atoms with Gasteiger partial charge >= 0.3 is 0 Å². The summed E-state index contributed by atoms with van der Waals surface area (Å²) in [6, 6.07) is 0. The Balaban J connectivity index is 3.66. The largest absolute Gasteiger partial charge is 0.393 e. The molecule has 0 rings (SSSR count). The van der Waals surface area contributed by atoms with E-state index in [4.69, 9.17) is 9.47 Å². The summed E-state index contributed by atoms with van der Waals surface area (Å²) in [6.07, 6.45) is 2.93. The molecule has 0 aromatic heterocycles. The van der Waals surface area contributed by atoms with E-state index in [-0.39, 0.29) is 6.10 Å². The van der Waals surface area contributed by atoms with Gasteiger partial charge in [0.2, 0.25) is 0 Å². The highest BCUT2D eigenvalue weighted by atomic mass is 16.5. The van der Waals surface area contributed by atoms with Crippen LogP contribution in [0.3, 0.4) is 0 Å². The fourth-order valence-corrected chi connectivity index (χ4v) is 1.79. The van der Waals surface area contributed by atoms with E-state index in [0.717, 1.165) is 65.3 Å². The van der Waals surface area contributed by atoms with Crippen molar-refractivity contribution in [1.82, 2.24) is 4.90 Å². The van der Waals surface area contributed by atoms with E-state index in [1.807, 2.05) is 20.8 Å². The molecule has 0 saturated heterocycles. The Hall–Kier alpha value is -0.160. The van der Waals surface area contributed by atoms with E-state index in [1.165, 1.54) is 0 Å². The van der Waals surface area contributed by atoms with Gasteiger partial charge < -0.3 is 14.6 Å². The maximum absolute atomic E-state index is 9.21. The van der Waals surface area contributed by atoms with E-state index >= 15 is 0 Å². The molecule has 0 radical (unpaired) electrons. The summed E-state index contributed by atoms with van der Waals surface area (Å²) in [4.78, 5) is 2.38. The minimum atomic E-state index is -0.176. The first-order chi connectivity index (χ1) is 8.70. The molecule has 0 fully saturated rings. The van der Waals surface area contributed by atoms with E-state index in [9.17, 15) is 5.11 Å². The Bertz CT molecular complexity index is 155. The maximum atomic E-state index is 9.21. The molecule has 4 nitrogen and oxygen atoms in total. The molecule has 1 unspecified atom stereocenters. The van der Waals surface area contributed by atoms with Gasteiger partial charge in [0.05, 0.1) is 19.3 Å². The quantitative estimate of drug-likeness (QED) is 0.514. The molecule has 18 heavy (non-hydrogen) atoms. The molecule has 0 aliphatic carbocycles. The maximum Gasteiger partial charge on any atom is 0.0593 e. The summed E-state index contributed by atoms with van der Waals surface area (Å²) in [5.74, 6) is 0. The molecule has 1 atom stereocenters. The van der Waals surface area contributed by atoms with E-state index in [2.05, 4.69) is 4.90 Å². The lowest BCUT2D eigenvalue weighted by atomic mass is 10.1. The minimum absolute atomic E-state index is 0.176. The summed E-state index contributed by atoms with van der Waals surface area (Å²) in [6.45, 7) is 12.0. The first-order valence-corrected chi connectivity index (χ1v) is 7.26. The molecule has 1 N–H and O–H groups in total. The molecule has 110 valence electrons. The number of hydrogen-bond donors (Lipinski definition) is 1. The average molecular weight is 261 g/mol. The van der Waals surface area contributed by atoms with Gasteiger partial charge in [-0.25, -0.2) is 0 Å². The van der Waals surface area contributed by atoms with Crippen LogP contribution in [0.25, 0.3) is 0 Å². The van der Waals surface area contributed by atoms with Crippen molar-refractivity contribution >= 4 is 0 Å². The summed E-state index contributed by atoms with van der Waals surface area (Å²) in [5.41, 5.74) is 0. The van der Waals surface area contributed by atoms with Crippen molar-refractivity contribution in [2.45, 2.75) is 46.1 Å². The van der Waals surface area contributed by atoms with Crippen LogP contribution in [0, 0.1) is 0 Å². The van der Waals surface area contributed by atoms with Crippen molar-refractivity contribution in [3.63, 3.8) is 0 Å². The first kappa shape index (κ1) is 17.8. The van der Waals surface area contributed by atoms with E-state index < -0.39 is 0 Å². The third-order valence-corrected chi connectivity index (χ3v) is 2.86. The summed E-state index contributed by atoms with van der Waals surface area (Å²) in [5, 5.41) is 9.21. The van der Waals surface area contributed by atoms with Crippen LogP contribution in [0.15, 0.2) is 0 Å². The molecule has 0 aliphatic rings. The molecule has 0 aromatic rings. The molecule has 0 spiro atoms. The Labute approximate surface area is 112 Å². The van der Waals surface area contributed by atoms with Crippen LogP contribution in [0.1, 0.15) is 40.0 Å². The smallest absolute Gasteiger partial charge is 0.0593 e.